The minimum Gasteiger partial charge on any atom is -0.399 e. The number of hydrogen-bond donors (Lipinski definition) is 1. The van der Waals surface area contributed by atoms with Crippen LogP contribution >= 0.6 is 11.8 Å². The molecular weight excluding hydrogens is 276 g/mol. The normalized spacial score (nSPS) is 11.0. The molecule has 0 saturated carbocycles. The van der Waals surface area contributed by atoms with Gasteiger partial charge in [-0.05, 0) is 49.2 Å². The molecule has 1 heterocycles. The van der Waals surface area contributed by atoms with Crippen LogP contribution < -0.4 is 5.73 Å². The molecule has 3 heteroatoms. The first kappa shape index (κ1) is 14.0. The predicted molar refractivity (Wildman–Crippen MR) is 91.6 cm³/mol. The van der Waals surface area contributed by atoms with E-state index in [2.05, 4.69) is 42.2 Å². The fourth-order valence-corrected chi connectivity index (χ4v) is 3.59. The summed E-state index contributed by atoms with van der Waals surface area (Å²) in [4.78, 5) is 5.82. The highest BCUT2D eigenvalue weighted by molar-refractivity contribution is 7.98. The first-order valence-electron chi connectivity index (χ1n) is 6.97. The van der Waals surface area contributed by atoms with Crippen LogP contribution in [0.2, 0.25) is 0 Å². The Kier molecular flexibility index (Phi) is 3.84. The molecule has 0 fully saturated rings. The summed E-state index contributed by atoms with van der Waals surface area (Å²) in [5.41, 5.74) is 11.5. The van der Waals surface area contributed by atoms with Crippen LogP contribution in [0, 0.1) is 13.8 Å². The summed E-state index contributed by atoms with van der Waals surface area (Å²) < 4.78 is 0. The van der Waals surface area contributed by atoms with Crippen LogP contribution in [0.4, 0.5) is 5.69 Å². The molecule has 0 bridgehead atoms. The second-order valence-corrected chi connectivity index (χ2v) is 6.27. The lowest BCUT2D eigenvalue weighted by Gasteiger charge is -2.10. The largest absolute Gasteiger partial charge is 0.399 e. The maximum Gasteiger partial charge on any atom is 0.0717 e. The predicted octanol–water partition coefficient (Wildman–Crippen LogP) is 4.73. The van der Waals surface area contributed by atoms with E-state index >= 15 is 0 Å². The standard InChI is InChI=1S/C18H18N2S/c1-12-5-3-4-6-14(12)11-21-18-9-13(2)20-17-8-7-15(19)10-16(17)18/h3-10H,11,19H2,1-2H3. The minimum atomic E-state index is 0.783. The average molecular weight is 294 g/mol. The van der Waals surface area contributed by atoms with Crippen molar-refractivity contribution in [3.05, 3.63) is 65.4 Å². The molecule has 0 spiro atoms. The number of pyridine rings is 1. The summed E-state index contributed by atoms with van der Waals surface area (Å²) >= 11 is 1.84. The van der Waals surface area contributed by atoms with E-state index in [0.29, 0.717) is 0 Å². The Morgan fingerprint density at radius 2 is 1.86 bits per heavy atom. The maximum absolute atomic E-state index is 5.93. The molecule has 0 aliphatic carbocycles. The van der Waals surface area contributed by atoms with Gasteiger partial charge < -0.3 is 5.73 Å². The van der Waals surface area contributed by atoms with Crippen LogP contribution in [0.5, 0.6) is 0 Å². The second-order valence-electron chi connectivity index (χ2n) is 5.25. The molecule has 0 amide bonds. The number of anilines is 1. The van der Waals surface area contributed by atoms with Crippen molar-refractivity contribution in [1.29, 1.82) is 0 Å². The van der Waals surface area contributed by atoms with Gasteiger partial charge in [0.05, 0.1) is 5.52 Å². The zero-order valence-corrected chi connectivity index (χ0v) is 13.1. The Hall–Kier alpha value is -2.00. The number of nitrogens with two attached hydrogens (primary N) is 1. The lowest BCUT2D eigenvalue weighted by Crippen LogP contribution is -1.91. The van der Waals surface area contributed by atoms with Crippen molar-refractivity contribution in [1.82, 2.24) is 4.98 Å². The maximum atomic E-state index is 5.93. The van der Waals surface area contributed by atoms with Gasteiger partial charge in [0.25, 0.3) is 0 Å². The minimum absolute atomic E-state index is 0.783. The summed E-state index contributed by atoms with van der Waals surface area (Å²) in [5.74, 6) is 0.958. The van der Waals surface area contributed by atoms with Crippen molar-refractivity contribution in [2.75, 3.05) is 5.73 Å². The quantitative estimate of drug-likeness (QED) is 0.561. The summed E-state index contributed by atoms with van der Waals surface area (Å²) in [5, 5.41) is 1.14. The number of hydrogen-bond acceptors (Lipinski definition) is 3. The molecule has 3 rings (SSSR count). The number of nitrogen functional groups attached to an aromatic ring is 1. The van der Waals surface area contributed by atoms with Gasteiger partial charge in [0.2, 0.25) is 0 Å². The average Bonchev–Trinajstić information content (AvgIpc) is 2.47. The van der Waals surface area contributed by atoms with Crippen molar-refractivity contribution >= 4 is 28.4 Å². The zero-order chi connectivity index (χ0) is 14.8. The van der Waals surface area contributed by atoms with Gasteiger partial charge in [-0.2, -0.15) is 0 Å². The van der Waals surface area contributed by atoms with Crippen LogP contribution in [-0.2, 0) is 5.75 Å². The number of nitrogens with zero attached hydrogens (tertiary/aromatic N) is 1. The van der Waals surface area contributed by atoms with E-state index in [-0.39, 0.29) is 0 Å². The Labute approximate surface area is 129 Å². The fourth-order valence-electron chi connectivity index (χ4n) is 2.39. The van der Waals surface area contributed by atoms with Gasteiger partial charge in [0, 0.05) is 27.4 Å². The van der Waals surface area contributed by atoms with E-state index in [0.717, 1.165) is 28.0 Å². The molecule has 21 heavy (non-hydrogen) atoms. The SMILES string of the molecule is Cc1cc(SCc2ccccc2C)c2cc(N)ccc2n1. The van der Waals surface area contributed by atoms with E-state index in [1.165, 1.54) is 16.0 Å². The van der Waals surface area contributed by atoms with Crippen molar-refractivity contribution in [3.63, 3.8) is 0 Å². The molecule has 0 atom stereocenters. The first-order chi connectivity index (χ1) is 10.1. The monoisotopic (exact) mass is 294 g/mol. The van der Waals surface area contributed by atoms with Crippen molar-refractivity contribution in [2.45, 2.75) is 24.5 Å². The van der Waals surface area contributed by atoms with Crippen LogP contribution in [0.25, 0.3) is 10.9 Å². The number of aromatic nitrogens is 1. The van der Waals surface area contributed by atoms with Gasteiger partial charge in [-0.1, -0.05) is 24.3 Å². The second kappa shape index (κ2) is 5.78. The molecular formula is C18H18N2S. The zero-order valence-electron chi connectivity index (χ0n) is 12.3. The topological polar surface area (TPSA) is 38.9 Å². The summed E-state index contributed by atoms with van der Waals surface area (Å²) in [6.45, 7) is 4.19. The number of rotatable bonds is 3. The molecule has 0 aliphatic rings. The van der Waals surface area contributed by atoms with Crippen LogP contribution in [-0.4, -0.2) is 4.98 Å². The van der Waals surface area contributed by atoms with Gasteiger partial charge in [0.1, 0.15) is 0 Å². The van der Waals surface area contributed by atoms with Gasteiger partial charge in [-0.15, -0.1) is 11.8 Å². The van der Waals surface area contributed by atoms with Gasteiger partial charge in [-0.3, -0.25) is 4.98 Å². The number of benzene rings is 2. The van der Waals surface area contributed by atoms with Crippen LogP contribution in [0.15, 0.2) is 53.4 Å². The lowest BCUT2D eigenvalue weighted by molar-refractivity contribution is 1.22. The van der Waals surface area contributed by atoms with E-state index in [1.807, 2.05) is 36.9 Å². The molecule has 2 N–H and O–H groups in total. The third-order valence-corrected chi connectivity index (χ3v) is 4.67. The van der Waals surface area contributed by atoms with E-state index in [1.54, 1.807) is 0 Å². The Morgan fingerprint density at radius 1 is 1.05 bits per heavy atom. The molecule has 0 unspecified atom stereocenters. The molecule has 3 aromatic rings. The highest BCUT2D eigenvalue weighted by Gasteiger charge is 2.06. The van der Waals surface area contributed by atoms with Gasteiger partial charge in [-0.25, -0.2) is 0 Å². The first-order valence-corrected chi connectivity index (χ1v) is 7.96. The van der Waals surface area contributed by atoms with E-state index < -0.39 is 0 Å². The summed E-state index contributed by atoms with van der Waals surface area (Å²) in [6.07, 6.45) is 0. The number of fused-ring (bicyclic) bond motifs is 1. The molecule has 0 saturated heterocycles. The third-order valence-electron chi connectivity index (χ3n) is 3.57. The highest BCUT2D eigenvalue weighted by Crippen LogP contribution is 2.32. The van der Waals surface area contributed by atoms with Gasteiger partial charge in [0.15, 0.2) is 0 Å². The highest BCUT2D eigenvalue weighted by atomic mass is 32.2. The Bertz CT molecular complexity index is 796. The van der Waals surface area contributed by atoms with E-state index in [9.17, 15) is 0 Å². The van der Waals surface area contributed by atoms with Crippen molar-refractivity contribution < 1.29 is 0 Å². The summed E-state index contributed by atoms with van der Waals surface area (Å²) in [7, 11) is 0. The van der Waals surface area contributed by atoms with Crippen LogP contribution in [0.1, 0.15) is 16.8 Å². The van der Waals surface area contributed by atoms with E-state index in [4.69, 9.17) is 5.73 Å². The third kappa shape index (κ3) is 3.03. The summed E-state index contributed by atoms with van der Waals surface area (Å²) in [6, 6.07) is 16.6. The molecule has 0 aliphatic heterocycles. The molecule has 106 valence electrons. The van der Waals surface area contributed by atoms with Crippen molar-refractivity contribution in [2.24, 2.45) is 0 Å². The van der Waals surface area contributed by atoms with Gasteiger partial charge >= 0.3 is 0 Å². The van der Waals surface area contributed by atoms with Crippen molar-refractivity contribution in [3.8, 4) is 0 Å². The molecule has 2 nitrogen and oxygen atoms in total. The Morgan fingerprint density at radius 3 is 2.67 bits per heavy atom. The molecule has 1 aromatic heterocycles. The van der Waals surface area contributed by atoms with Crippen LogP contribution in [0.3, 0.4) is 0 Å². The molecule has 2 aromatic carbocycles. The number of aryl methyl sites for hydroxylation is 2. The smallest absolute Gasteiger partial charge is 0.0717 e. The molecule has 0 radical (unpaired) electrons. The number of thioether (sulfide) groups is 1. The Balaban J connectivity index is 1.96. The fraction of sp³-hybridized carbons (Fsp3) is 0.167. The lowest BCUT2D eigenvalue weighted by atomic mass is 10.1.